The number of aromatic nitrogens is 4. The molecule has 2 amide bonds. The van der Waals surface area contributed by atoms with Crippen LogP contribution in [0.4, 0.5) is 5.69 Å². The Kier molecular flexibility index (Phi) is 8.96. The van der Waals surface area contributed by atoms with Gasteiger partial charge in [0.05, 0.1) is 5.69 Å². The lowest BCUT2D eigenvalue weighted by atomic mass is 9.92. The van der Waals surface area contributed by atoms with Crippen molar-refractivity contribution in [3.05, 3.63) is 71.0 Å². The maximum absolute atomic E-state index is 13.2. The first-order chi connectivity index (χ1) is 17.9. The average molecular weight is 526 g/mol. The van der Waals surface area contributed by atoms with E-state index in [9.17, 15) is 19.8 Å². The number of piperidine rings is 1. The van der Waals surface area contributed by atoms with Crippen molar-refractivity contribution in [2.24, 2.45) is 5.92 Å². The number of carbonyl (C=O) groups is 2. The van der Waals surface area contributed by atoms with Gasteiger partial charge in [0, 0.05) is 27.9 Å². The number of hydrogen-bond donors (Lipinski definition) is 5. The Morgan fingerprint density at radius 1 is 1.22 bits per heavy atom. The lowest BCUT2D eigenvalue weighted by Crippen LogP contribution is -2.46. The van der Waals surface area contributed by atoms with E-state index in [4.69, 9.17) is 11.6 Å². The van der Waals surface area contributed by atoms with E-state index in [2.05, 4.69) is 31.5 Å². The van der Waals surface area contributed by atoms with Gasteiger partial charge in [0.15, 0.2) is 6.29 Å². The Balaban J connectivity index is 1.48. The minimum Gasteiger partial charge on any atom is -0.364 e. The first-order valence-corrected chi connectivity index (χ1v) is 12.3. The fourth-order valence-electron chi connectivity index (χ4n) is 4.18. The number of benzene rings is 2. The van der Waals surface area contributed by atoms with Crippen LogP contribution in [-0.2, 0) is 9.59 Å². The fourth-order valence-corrected chi connectivity index (χ4v) is 4.36. The second kappa shape index (κ2) is 12.5. The topological polar surface area (TPSA) is 154 Å². The predicted octanol–water partition coefficient (Wildman–Crippen LogP) is 1.83. The average Bonchev–Trinajstić information content (AvgIpc) is 3.43. The molecule has 2 atom stereocenters. The number of hydrogen-bond acceptors (Lipinski definition) is 8. The minimum atomic E-state index is -1.59. The number of nitrogens with one attached hydrogen (secondary N) is 3. The molecule has 0 spiro atoms. The zero-order chi connectivity index (χ0) is 26.2. The summed E-state index contributed by atoms with van der Waals surface area (Å²) in [5.41, 5.74) is 2.05. The molecule has 11 nitrogen and oxygen atoms in total. The van der Waals surface area contributed by atoms with E-state index < -0.39 is 18.2 Å². The lowest BCUT2D eigenvalue weighted by Gasteiger charge is -2.27. The van der Waals surface area contributed by atoms with Crippen molar-refractivity contribution in [3.8, 4) is 5.69 Å². The van der Waals surface area contributed by atoms with E-state index in [1.54, 1.807) is 36.4 Å². The quantitative estimate of drug-likeness (QED) is 0.209. The van der Waals surface area contributed by atoms with Crippen LogP contribution >= 0.6 is 11.6 Å². The zero-order valence-corrected chi connectivity index (χ0v) is 20.7. The Labute approximate surface area is 218 Å². The van der Waals surface area contributed by atoms with Crippen LogP contribution in [0.1, 0.15) is 36.7 Å². The van der Waals surface area contributed by atoms with E-state index in [1.165, 1.54) is 29.2 Å². The summed E-state index contributed by atoms with van der Waals surface area (Å²) in [4.78, 5) is 26.1. The number of aliphatic hydroxyl groups excluding tert-OH is 1. The number of nitrogens with zero attached hydrogens (tertiary/aromatic N) is 4. The largest absolute Gasteiger partial charge is 0.364 e. The van der Waals surface area contributed by atoms with Crippen molar-refractivity contribution in [1.29, 1.82) is 0 Å². The summed E-state index contributed by atoms with van der Waals surface area (Å²) >= 11 is 6.15. The molecule has 1 aliphatic rings. The molecular formula is C25H28ClN7O4. The van der Waals surface area contributed by atoms with Gasteiger partial charge < -0.3 is 26.2 Å². The highest BCUT2D eigenvalue weighted by Gasteiger charge is 2.25. The first-order valence-electron chi connectivity index (χ1n) is 11.9. The van der Waals surface area contributed by atoms with Crippen molar-refractivity contribution < 1.29 is 19.8 Å². The molecule has 3 aromatic rings. The Morgan fingerprint density at radius 3 is 2.70 bits per heavy atom. The first kappa shape index (κ1) is 26.4. The second-order valence-corrected chi connectivity index (χ2v) is 9.22. The predicted molar refractivity (Wildman–Crippen MR) is 138 cm³/mol. The molecule has 4 rings (SSSR count). The number of amides is 2. The van der Waals surface area contributed by atoms with Crippen LogP contribution in [0.3, 0.4) is 0 Å². The molecule has 0 aliphatic carbocycles. The Hall–Kier alpha value is -3.64. The molecule has 1 saturated heterocycles. The van der Waals surface area contributed by atoms with E-state index in [0.29, 0.717) is 33.9 Å². The molecule has 37 heavy (non-hydrogen) atoms. The third-order valence-corrected chi connectivity index (χ3v) is 6.31. The van der Waals surface area contributed by atoms with Crippen molar-refractivity contribution in [2.45, 2.75) is 31.6 Å². The van der Waals surface area contributed by atoms with Crippen molar-refractivity contribution in [1.82, 2.24) is 30.8 Å². The van der Waals surface area contributed by atoms with Gasteiger partial charge in [-0.05, 0) is 85.1 Å². The second-order valence-electron chi connectivity index (χ2n) is 8.79. The smallest absolute Gasteiger partial charge is 0.246 e. The molecular weight excluding hydrogens is 498 g/mol. The third-order valence-electron chi connectivity index (χ3n) is 6.08. The highest BCUT2D eigenvalue weighted by molar-refractivity contribution is 6.30. The summed E-state index contributed by atoms with van der Waals surface area (Å²) in [6.45, 7) is 1.71. The molecule has 2 aromatic carbocycles. The maximum Gasteiger partial charge on any atom is 0.246 e. The monoisotopic (exact) mass is 525 g/mol. The summed E-state index contributed by atoms with van der Waals surface area (Å²) in [7, 11) is 0. The molecule has 0 bridgehead atoms. The summed E-state index contributed by atoms with van der Waals surface area (Å²) in [6.07, 6.45) is 5.22. The molecule has 1 aromatic heterocycles. The normalized spacial score (nSPS) is 16.6. The van der Waals surface area contributed by atoms with Gasteiger partial charge in [-0.1, -0.05) is 23.7 Å². The van der Waals surface area contributed by atoms with Crippen LogP contribution in [0.15, 0.2) is 54.9 Å². The molecule has 2 heterocycles. The number of aliphatic hydroxyl groups is 2. The van der Waals surface area contributed by atoms with Crippen molar-refractivity contribution >= 4 is 35.2 Å². The minimum absolute atomic E-state index is 0.236. The van der Waals surface area contributed by atoms with E-state index in [-0.39, 0.29) is 11.8 Å². The van der Waals surface area contributed by atoms with Gasteiger partial charge in [-0.2, -0.15) is 4.68 Å². The Bertz CT molecular complexity index is 1230. The van der Waals surface area contributed by atoms with Crippen LogP contribution in [0, 0.1) is 5.92 Å². The van der Waals surface area contributed by atoms with E-state index >= 15 is 0 Å². The zero-order valence-electron chi connectivity index (χ0n) is 19.9. The molecule has 194 valence electrons. The fraction of sp³-hybridized carbons (Fsp3) is 0.320. The van der Waals surface area contributed by atoms with Gasteiger partial charge in [0.1, 0.15) is 12.4 Å². The molecule has 1 fully saturated rings. The molecule has 1 aliphatic heterocycles. The van der Waals surface area contributed by atoms with Gasteiger partial charge in [-0.25, -0.2) is 0 Å². The lowest BCUT2D eigenvalue weighted by molar-refractivity contribution is -0.124. The number of carbonyl (C=O) groups excluding carboxylic acids is 2. The Morgan fingerprint density at radius 2 is 2.03 bits per heavy atom. The van der Waals surface area contributed by atoms with Crippen LogP contribution in [0.25, 0.3) is 11.8 Å². The summed E-state index contributed by atoms with van der Waals surface area (Å²) in [5, 5.41) is 39.2. The summed E-state index contributed by atoms with van der Waals surface area (Å²) in [6, 6.07) is 10.5. The van der Waals surface area contributed by atoms with Crippen molar-refractivity contribution in [2.75, 3.05) is 18.4 Å². The van der Waals surface area contributed by atoms with Gasteiger partial charge in [0.2, 0.25) is 11.8 Å². The molecule has 0 radical (unpaired) electrons. The van der Waals surface area contributed by atoms with Crippen LogP contribution in [-0.4, -0.2) is 61.4 Å². The molecule has 0 saturated carbocycles. The third kappa shape index (κ3) is 7.43. The van der Waals surface area contributed by atoms with Gasteiger partial charge in [-0.15, -0.1) is 5.10 Å². The van der Waals surface area contributed by atoms with Crippen LogP contribution in [0.2, 0.25) is 5.02 Å². The molecule has 12 heteroatoms. The number of tetrazole rings is 1. The van der Waals surface area contributed by atoms with Crippen LogP contribution in [0.5, 0.6) is 0 Å². The van der Waals surface area contributed by atoms with Gasteiger partial charge in [-0.3, -0.25) is 9.59 Å². The molecule has 5 N–H and O–H groups in total. The summed E-state index contributed by atoms with van der Waals surface area (Å²) < 4.78 is 1.46. The number of rotatable bonds is 9. The molecule has 1 unspecified atom stereocenters. The summed E-state index contributed by atoms with van der Waals surface area (Å²) in [5.74, 6) is -0.563. The highest BCUT2D eigenvalue weighted by atomic mass is 35.5. The van der Waals surface area contributed by atoms with Crippen LogP contribution < -0.4 is 16.0 Å². The standard InChI is InChI=1S/C25H28ClN7O4/c26-19-6-9-22(33-15-28-31-32-33)18(13-19)5-10-23(34)30-21(12-16-2-1-11-27-14-16)24(35)29-20-7-3-17(4-8-20)25(36)37/h3-10,13,15-16,21,25,27,36-37H,1-2,11-12,14H2,(H,29,35)(H,30,34)/b10-5+/t16?,21-/m0/s1. The van der Waals surface area contributed by atoms with Crippen molar-refractivity contribution in [3.63, 3.8) is 0 Å². The highest BCUT2D eigenvalue weighted by Crippen LogP contribution is 2.21. The van der Waals surface area contributed by atoms with E-state index in [0.717, 1.165) is 25.9 Å². The van der Waals surface area contributed by atoms with E-state index in [1.807, 2.05) is 0 Å². The number of halogens is 1. The SMILES string of the molecule is O=C(/C=C/c1cc(Cl)ccc1-n1cnnn1)N[C@@H](CC1CCCNC1)C(=O)Nc1ccc(C(O)O)cc1. The maximum atomic E-state index is 13.2. The van der Waals surface area contributed by atoms with Gasteiger partial charge in [0.25, 0.3) is 0 Å². The number of anilines is 1. The van der Waals surface area contributed by atoms with Gasteiger partial charge >= 0.3 is 0 Å².